The quantitative estimate of drug-likeness (QED) is 0.560. The van der Waals surface area contributed by atoms with Crippen LogP contribution in [-0.2, 0) is 14.3 Å². The van der Waals surface area contributed by atoms with E-state index in [0.717, 1.165) is 25.7 Å². The predicted octanol–water partition coefficient (Wildman–Crippen LogP) is 2.36. The Morgan fingerprint density at radius 1 is 1.31 bits per heavy atom. The summed E-state index contributed by atoms with van der Waals surface area (Å²) in [7, 11) is 0. The zero-order chi connectivity index (χ0) is 12.2. The van der Waals surface area contributed by atoms with Crippen LogP contribution in [0.2, 0.25) is 0 Å². The van der Waals surface area contributed by atoms with E-state index in [1.807, 2.05) is 13.8 Å². The maximum Gasteiger partial charge on any atom is 0.317 e. The van der Waals surface area contributed by atoms with E-state index in [1.165, 1.54) is 6.42 Å². The van der Waals surface area contributed by atoms with Crippen LogP contribution >= 0.6 is 0 Å². The summed E-state index contributed by atoms with van der Waals surface area (Å²) in [4.78, 5) is 21.9. The van der Waals surface area contributed by atoms with Gasteiger partial charge in [0.1, 0.15) is 12.0 Å². The van der Waals surface area contributed by atoms with Gasteiger partial charge in [0.15, 0.2) is 0 Å². The lowest BCUT2D eigenvalue weighted by atomic mass is 9.70. The van der Waals surface area contributed by atoms with Crippen LogP contribution in [0.4, 0.5) is 0 Å². The molecule has 0 spiro atoms. The van der Waals surface area contributed by atoms with Crippen LogP contribution < -0.4 is 0 Å². The van der Waals surface area contributed by atoms with Crippen molar-refractivity contribution in [2.45, 2.75) is 58.0 Å². The van der Waals surface area contributed by atoms with E-state index >= 15 is 0 Å². The molecule has 0 heterocycles. The second-order valence-electron chi connectivity index (χ2n) is 4.44. The maximum atomic E-state index is 11.4. The largest absolute Gasteiger partial charge is 0.481 e. The highest BCUT2D eigenvalue weighted by Gasteiger charge is 2.42. The Bertz CT molecular complexity index is 264. The number of hydrogen-bond acceptors (Lipinski definition) is 3. The number of carbonyl (C=O) groups is 2. The minimum absolute atomic E-state index is 0.417. The number of carbonyl (C=O) groups excluding carboxylic acids is 1. The normalized spacial score (nSPS) is 16.6. The minimum Gasteiger partial charge on any atom is -0.481 e. The zero-order valence-electron chi connectivity index (χ0n) is 9.99. The number of rotatable bonds is 6. The van der Waals surface area contributed by atoms with E-state index in [0.29, 0.717) is 5.92 Å². The molecule has 4 heteroatoms. The smallest absolute Gasteiger partial charge is 0.317 e. The standard InChI is InChI=1S/C12H20O4/c1-3-12(4-2,9-6-5-7-9)16-11(15)8-10(13)14/h9H,3-8H2,1-2H3,(H,13,14). The van der Waals surface area contributed by atoms with Gasteiger partial charge >= 0.3 is 11.9 Å². The zero-order valence-corrected chi connectivity index (χ0v) is 9.99. The van der Waals surface area contributed by atoms with Gasteiger partial charge in [-0.25, -0.2) is 0 Å². The number of esters is 1. The summed E-state index contributed by atoms with van der Waals surface area (Å²) in [6.07, 6.45) is 4.35. The number of carboxylic acids is 1. The van der Waals surface area contributed by atoms with Crippen molar-refractivity contribution in [2.24, 2.45) is 5.92 Å². The first-order valence-electron chi connectivity index (χ1n) is 5.97. The van der Waals surface area contributed by atoms with E-state index < -0.39 is 24.0 Å². The number of aliphatic carboxylic acids is 1. The Kier molecular flexibility index (Phi) is 4.33. The van der Waals surface area contributed by atoms with E-state index in [-0.39, 0.29) is 0 Å². The third kappa shape index (κ3) is 2.74. The molecule has 1 N–H and O–H groups in total. The molecule has 0 aromatic heterocycles. The predicted molar refractivity (Wildman–Crippen MR) is 59.0 cm³/mol. The fourth-order valence-electron chi connectivity index (χ4n) is 2.38. The van der Waals surface area contributed by atoms with Crippen LogP contribution in [0.25, 0.3) is 0 Å². The van der Waals surface area contributed by atoms with Crippen molar-refractivity contribution >= 4 is 11.9 Å². The second-order valence-corrected chi connectivity index (χ2v) is 4.44. The van der Waals surface area contributed by atoms with Gasteiger partial charge < -0.3 is 9.84 Å². The van der Waals surface area contributed by atoms with Gasteiger partial charge in [-0.05, 0) is 31.6 Å². The van der Waals surface area contributed by atoms with Gasteiger partial charge in [-0.3, -0.25) is 9.59 Å². The summed E-state index contributed by atoms with van der Waals surface area (Å²) in [5.41, 5.74) is -0.426. The van der Waals surface area contributed by atoms with Crippen LogP contribution in [-0.4, -0.2) is 22.6 Å². The summed E-state index contributed by atoms with van der Waals surface area (Å²) < 4.78 is 5.43. The average molecular weight is 228 g/mol. The summed E-state index contributed by atoms with van der Waals surface area (Å²) in [5, 5.41) is 8.54. The first-order chi connectivity index (χ1) is 7.54. The molecule has 1 aliphatic rings. The van der Waals surface area contributed by atoms with Crippen molar-refractivity contribution in [2.75, 3.05) is 0 Å². The topological polar surface area (TPSA) is 63.6 Å². The molecule has 0 aromatic rings. The molecule has 0 amide bonds. The molecule has 0 unspecified atom stereocenters. The Labute approximate surface area is 96.0 Å². The van der Waals surface area contributed by atoms with Gasteiger partial charge in [-0.2, -0.15) is 0 Å². The Balaban J connectivity index is 2.62. The van der Waals surface area contributed by atoms with Gasteiger partial charge in [0, 0.05) is 0 Å². The number of carboxylic acid groups (broad SMARTS) is 1. The maximum absolute atomic E-state index is 11.4. The minimum atomic E-state index is -1.13. The highest BCUT2D eigenvalue weighted by molar-refractivity contribution is 5.90. The molecular weight excluding hydrogens is 208 g/mol. The molecule has 92 valence electrons. The lowest BCUT2D eigenvalue weighted by molar-refractivity contribution is -0.174. The van der Waals surface area contributed by atoms with Crippen molar-refractivity contribution in [3.05, 3.63) is 0 Å². The lowest BCUT2D eigenvalue weighted by Gasteiger charge is -2.43. The number of ether oxygens (including phenoxy) is 1. The van der Waals surface area contributed by atoms with Crippen molar-refractivity contribution in [3.8, 4) is 0 Å². The van der Waals surface area contributed by atoms with Crippen LogP contribution in [0.3, 0.4) is 0 Å². The summed E-state index contributed by atoms with van der Waals surface area (Å²) in [5.74, 6) is -1.32. The summed E-state index contributed by atoms with van der Waals surface area (Å²) >= 11 is 0. The molecular formula is C12H20O4. The fraction of sp³-hybridized carbons (Fsp3) is 0.833. The van der Waals surface area contributed by atoms with Crippen LogP contribution in [0.15, 0.2) is 0 Å². The first kappa shape index (κ1) is 13.0. The SMILES string of the molecule is CCC(CC)(OC(=O)CC(=O)O)C1CCC1. The molecule has 4 nitrogen and oxygen atoms in total. The van der Waals surface area contributed by atoms with Gasteiger partial charge in [-0.1, -0.05) is 20.3 Å². The second kappa shape index (κ2) is 5.32. The molecule has 0 aliphatic heterocycles. The van der Waals surface area contributed by atoms with Gasteiger partial charge in [0.2, 0.25) is 0 Å². The van der Waals surface area contributed by atoms with Crippen LogP contribution in [0.5, 0.6) is 0 Å². The molecule has 0 bridgehead atoms. The van der Waals surface area contributed by atoms with E-state index in [1.54, 1.807) is 0 Å². The molecule has 0 saturated heterocycles. The molecule has 16 heavy (non-hydrogen) atoms. The molecule has 1 saturated carbocycles. The van der Waals surface area contributed by atoms with Crippen molar-refractivity contribution in [1.29, 1.82) is 0 Å². The molecule has 0 atom stereocenters. The Hall–Kier alpha value is -1.06. The molecule has 1 aliphatic carbocycles. The molecule has 1 fully saturated rings. The van der Waals surface area contributed by atoms with Crippen molar-refractivity contribution < 1.29 is 19.4 Å². The average Bonchev–Trinajstić information content (AvgIpc) is 2.12. The van der Waals surface area contributed by atoms with Crippen molar-refractivity contribution in [1.82, 2.24) is 0 Å². The monoisotopic (exact) mass is 228 g/mol. The van der Waals surface area contributed by atoms with Gasteiger partial charge in [0.05, 0.1) is 0 Å². The number of hydrogen-bond donors (Lipinski definition) is 1. The Morgan fingerprint density at radius 3 is 2.19 bits per heavy atom. The van der Waals surface area contributed by atoms with Crippen LogP contribution in [0.1, 0.15) is 52.4 Å². The van der Waals surface area contributed by atoms with E-state index in [2.05, 4.69) is 0 Å². The third-order valence-corrected chi connectivity index (χ3v) is 3.66. The first-order valence-corrected chi connectivity index (χ1v) is 5.97. The molecule has 0 radical (unpaired) electrons. The third-order valence-electron chi connectivity index (χ3n) is 3.66. The highest BCUT2D eigenvalue weighted by Crippen LogP contribution is 2.42. The van der Waals surface area contributed by atoms with Gasteiger partial charge in [-0.15, -0.1) is 0 Å². The molecule has 0 aromatic carbocycles. The fourth-order valence-corrected chi connectivity index (χ4v) is 2.38. The highest BCUT2D eigenvalue weighted by atomic mass is 16.6. The van der Waals surface area contributed by atoms with Crippen molar-refractivity contribution in [3.63, 3.8) is 0 Å². The van der Waals surface area contributed by atoms with Gasteiger partial charge in [0.25, 0.3) is 0 Å². The summed E-state index contributed by atoms with van der Waals surface area (Å²) in [6, 6.07) is 0. The van der Waals surface area contributed by atoms with E-state index in [4.69, 9.17) is 9.84 Å². The summed E-state index contributed by atoms with van der Waals surface area (Å²) in [6.45, 7) is 3.99. The molecule has 1 rings (SSSR count). The Morgan fingerprint density at radius 2 is 1.88 bits per heavy atom. The van der Waals surface area contributed by atoms with E-state index in [9.17, 15) is 9.59 Å². The lowest BCUT2D eigenvalue weighted by Crippen LogP contribution is -2.45. The van der Waals surface area contributed by atoms with Crippen LogP contribution in [0, 0.1) is 5.92 Å².